The van der Waals surface area contributed by atoms with Crippen molar-refractivity contribution in [3.05, 3.63) is 35.9 Å². The Morgan fingerprint density at radius 1 is 1.20 bits per heavy atom. The lowest BCUT2D eigenvalue weighted by Gasteiger charge is -2.32. The van der Waals surface area contributed by atoms with Crippen LogP contribution < -0.4 is 16.0 Å². The molecule has 1 aliphatic heterocycles. The Balaban J connectivity index is 1.41. The number of carbonyl (C=O) groups excluding carboxylic acids is 1. The molecular formula is C19H29N5O. The highest BCUT2D eigenvalue weighted by Gasteiger charge is 2.39. The van der Waals surface area contributed by atoms with Crippen molar-refractivity contribution in [1.29, 1.82) is 0 Å². The van der Waals surface area contributed by atoms with Gasteiger partial charge < -0.3 is 16.0 Å². The summed E-state index contributed by atoms with van der Waals surface area (Å²) in [4.78, 5) is 18.1. The van der Waals surface area contributed by atoms with Crippen LogP contribution in [0.15, 0.2) is 35.3 Å². The van der Waals surface area contributed by atoms with Crippen LogP contribution in [0.1, 0.15) is 30.7 Å². The summed E-state index contributed by atoms with van der Waals surface area (Å²) in [7, 11) is 3.52. The Morgan fingerprint density at radius 3 is 2.56 bits per heavy atom. The molecule has 0 spiro atoms. The molecular weight excluding hydrogens is 314 g/mol. The van der Waals surface area contributed by atoms with Crippen molar-refractivity contribution in [2.75, 3.05) is 33.7 Å². The van der Waals surface area contributed by atoms with Gasteiger partial charge in [0.05, 0.1) is 6.54 Å². The van der Waals surface area contributed by atoms with Gasteiger partial charge in [-0.3, -0.25) is 14.7 Å². The molecule has 2 aliphatic rings. The quantitative estimate of drug-likeness (QED) is 0.549. The molecule has 2 fully saturated rings. The Labute approximate surface area is 150 Å². The van der Waals surface area contributed by atoms with Gasteiger partial charge in [0, 0.05) is 45.2 Å². The third-order valence-electron chi connectivity index (χ3n) is 5.14. The molecule has 1 aromatic rings. The molecule has 0 aromatic heterocycles. The molecule has 1 aromatic carbocycles. The van der Waals surface area contributed by atoms with Crippen molar-refractivity contribution in [3.8, 4) is 0 Å². The lowest BCUT2D eigenvalue weighted by molar-refractivity contribution is -0.122. The fraction of sp³-hybridized carbons (Fsp3) is 0.579. The highest BCUT2D eigenvalue weighted by Crippen LogP contribution is 2.40. The van der Waals surface area contributed by atoms with Crippen molar-refractivity contribution in [3.63, 3.8) is 0 Å². The standard InChI is InChI=1S/C19H29N5O/c1-20-18(25)13-24-10-8-15(9-11-24)22-19(21-2)23-17-12-16(17)14-6-4-3-5-7-14/h3-7,15-17H,8-13H2,1-2H3,(H,20,25)(H2,21,22,23). The van der Waals surface area contributed by atoms with E-state index >= 15 is 0 Å². The monoisotopic (exact) mass is 343 g/mol. The van der Waals surface area contributed by atoms with E-state index in [-0.39, 0.29) is 5.91 Å². The van der Waals surface area contributed by atoms with Crippen LogP contribution in [-0.4, -0.2) is 62.6 Å². The van der Waals surface area contributed by atoms with E-state index in [0.29, 0.717) is 24.5 Å². The van der Waals surface area contributed by atoms with Crippen LogP contribution in [0.5, 0.6) is 0 Å². The largest absolute Gasteiger partial charge is 0.358 e. The highest BCUT2D eigenvalue weighted by molar-refractivity contribution is 5.81. The average Bonchev–Trinajstić information content (AvgIpc) is 3.42. The van der Waals surface area contributed by atoms with E-state index in [2.05, 4.69) is 56.2 Å². The Hall–Kier alpha value is -2.08. The molecule has 1 saturated carbocycles. The molecule has 136 valence electrons. The van der Waals surface area contributed by atoms with Crippen LogP contribution in [-0.2, 0) is 4.79 Å². The lowest BCUT2D eigenvalue weighted by atomic mass is 10.1. The number of benzene rings is 1. The van der Waals surface area contributed by atoms with E-state index in [1.54, 1.807) is 7.05 Å². The zero-order chi connectivity index (χ0) is 17.6. The van der Waals surface area contributed by atoms with Crippen LogP contribution in [0.25, 0.3) is 0 Å². The third-order valence-corrected chi connectivity index (χ3v) is 5.14. The van der Waals surface area contributed by atoms with Crippen molar-refractivity contribution in [2.24, 2.45) is 4.99 Å². The second-order valence-electron chi connectivity index (χ2n) is 6.94. The molecule has 0 bridgehead atoms. The number of hydrogen-bond acceptors (Lipinski definition) is 3. The number of aliphatic imine (C=N–C) groups is 1. The second-order valence-corrected chi connectivity index (χ2v) is 6.94. The molecule has 1 heterocycles. The first-order valence-electron chi connectivity index (χ1n) is 9.17. The topological polar surface area (TPSA) is 68.8 Å². The first kappa shape index (κ1) is 17.7. The van der Waals surface area contributed by atoms with Gasteiger partial charge in [-0.05, 0) is 24.8 Å². The molecule has 6 nitrogen and oxygen atoms in total. The SMILES string of the molecule is CN=C(NC1CCN(CC(=O)NC)CC1)NC1CC1c1ccccc1. The molecule has 3 rings (SSSR count). The smallest absolute Gasteiger partial charge is 0.233 e. The Morgan fingerprint density at radius 2 is 1.92 bits per heavy atom. The maximum absolute atomic E-state index is 11.5. The molecule has 6 heteroatoms. The molecule has 25 heavy (non-hydrogen) atoms. The van der Waals surface area contributed by atoms with Gasteiger partial charge in [0.1, 0.15) is 0 Å². The second kappa shape index (κ2) is 8.34. The number of hydrogen-bond donors (Lipinski definition) is 3. The van der Waals surface area contributed by atoms with E-state index in [1.807, 2.05) is 7.05 Å². The van der Waals surface area contributed by atoms with E-state index in [0.717, 1.165) is 38.3 Å². The van der Waals surface area contributed by atoms with E-state index < -0.39 is 0 Å². The van der Waals surface area contributed by atoms with Crippen molar-refractivity contribution >= 4 is 11.9 Å². The van der Waals surface area contributed by atoms with Gasteiger partial charge in [-0.25, -0.2) is 0 Å². The van der Waals surface area contributed by atoms with Gasteiger partial charge in [0.25, 0.3) is 0 Å². The maximum atomic E-state index is 11.5. The fourth-order valence-electron chi connectivity index (χ4n) is 3.48. The van der Waals surface area contributed by atoms with E-state index in [1.165, 1.54) is 5.56 Å². The summed E-state index contributed by atoms with van der Waals surface area (Å²) in [6.45, 7) is 2.38. The first-order chi connectivity index (χ1) is 12.2. The zero-order valence-electron chi connectivity index (χ0n) is 15.2. The average molecular weight is 343 g/mol. The predicted octanol–water partition coefficient (Wildman–Crippen LogP) is 0.918. The van der Waals surface area contributed by atoms with Crippen LogP contribution in [0, 0.1) is 0 Å². The zero-order valence-corrected chi connectivity index (χ0v) is 15.2. The van der Waals surface area contributed by atoms with Crippen LogP contribution >= 0.6 is 0 Å². The molecule has 1 aliphatic carbocycles. The van der Waals surface area contributed by atoms with Crippen molar-refractivity contribution < 1.29 is 4.79 Å². The summed E-state index contributed by atoms with van der Waals surface area (Å²) < 4.78 is 0. The van der Waals surface area contributed by atoms with Crippen LogP contribution in [0.3, 0.4) is 0 Å². The van der Waals surface area contributed by atoms with E-state index in [4.69, 9.17) is 0 Å². The molecule has 1 saturated heterocycles. The normalized spacial score (nSPS) is 24.6. The summed E-state index contributed by atoms with van der Waals surface area (Å²) in [6.07, 6.45) is 3.23. The molecule has 3 N–H and O–H groups in total. The summed E-state index contributed by atoms with van der Waals surface area (Å²) in [5.41, 5.74) is 1.40. The molecule has 1 amide bonds. The van der Waals surface area contributed by atoms with Gasteiger partial charge >= 0.3 is 0 Å². The number of carbonyl (C=O) groups is 1. The van der Waals surface area contributed by atoms with Crippen molar-refractivity contribution in [2.45, 2.75) is 37.3 Å². The minimum Gasteiger partial charge on any atom is -0.358 e. The Kier molecular flexibility index (Phi) is 5.91. The summed E-state index contributed by atoms with van der Waals surface area (Å²) in [6, 6.07) is 11.6. The lowest BCUT2D eigenvalue weighted by Crippen LogP contribution is -2.50. The third kappa shape index (κ3) is 4.95. The Bertz CT molecular complexity index is 595. The van der Waals surface area contributed by atoms with Crippen LogP contribution in [0.2, 0.25) is 0 Å². The molecule has 2 unspecified atom stereocenters. The highest BCUT2D eigenvalue weighted by atomic mass is 16.1. The van der Waals surface area contributed by atoms with Gasteiger partial charge in [0.15, 0.2) is 5.96 Å². The number of nitrogens with one attached hydrogen (secondary N) is 3. The minimum atomic E-state index is 0.0876. The summed E-state index contributed by atoms with van der Waals surface area (Å²) in [5.74, 6) is 1.58. The van der Waals surface area contributed by atoms with Gasteiger partial charge in [-0.2, -0.15) is 0 Å². The predicted molar refractivity (Wildman–Crippen MR) is 101 cm³/mol. The number of guanidine groups is 1. The molecule has 2 atom stereocenters. The summed E-state index contributed by atoms with van der Waals surface area (Å²) >= 11 is 0. The number of likely N-dealkylation sites (N-methyl/N-ethyl adjacent to an activating group) is 1. The van der Waals surface area contributed by atoms with Crippen molar-refractivity contribution in [1.82, 2.24) is 20.9 Å². The maximum Gasteiger partial charge on any atom is 0.233 e. The molecule has 0 radical (unpaired) electrons. The number of amides is 1. The number of nitrogens with zero attached hydrogens (tertiary/aromatic N) is 2. The fourth-order valence-corrected chi connectivity index (χ4v) is 3.48. The minimum absolute atomic E-state index is 0.0876. The number of piperidine rings is 1. The number of rotatable bonds is 5. The summed E-state index contributed by atoms with van der Waals surface area (Å²) in [5, 5.41) is 9.78. The van der Waals surface area contributed by atoms with E-state index in [9.17, 15) is 4.79 Å². The first-order valence-corrected chi connectivity index (χ1v) is 9.17. The van der Waals surface area contributed by atoms with Crippen LogP contribution in [0.4, 0.5) is 0 Å². The number of likely N-dealkylation sites (tertiary alicyclic amines) is 1. The van der Waals surface area contributed by atoms with Gasteiger partial charge in [-0.1, -0.05) is 30.3 Å². The van der Waals surface area contributed by atoms with Gasteiger partial charge in [0.2, 0.25) is 5.91 Å². The van der Waals surface area contributed by atoms with Gasteiger partial charge in [-0.15, -0.1) is 0 Å².